The first-order valence-electron chi connectivity index (χ1n) is 10.3. The third-order valence-electron chi connectivity index (χ3n) is 5.03. The van der Waals surface area contributed by atoms with Crippen molar-refractivity contribution in [3.8, 4) is 0 Å². The van der Waals surface area contributed by atoms with Gasteiger partial charge in [-0.25, -0.2) is 19.5 Å². The Labute approximate surface area is 183 Å². The summed E-state index contributed by atoms with van der Waals surface area (Å²) in [6, 6.07) is 0. The lowest BCUT2D eigenvalue weighted by Gasteiger charge is -2.29. The molecule has 2 aliphatic heterocycles. The molecule has 0 aromatic carbocycles. The van der Waals surface area contributed by atoms with Gasteiger partial charge in [-0.3, -0.25) is 23.2 Å². The Morgan fingerprint density at radius 1 is 1.28 bits per heavy atom. The number of phosphoric acid groups is 1. The molecule has 0 saturated carbocycles. The van der Waals surface area contributed by atoms with E-state index in [-0.39, 0.29) is 24.8 Å². The number of fused-ring (bicyclic) bond motifs is 2. The van der Waals surface area contributed by atoms with Gasteiger partial charge in [0.15, 0.2) is 29.3 Å². The van der Waals surface area contributed by atoms with Crippen molar-refractivity contribution in [3.05, 3.63) is 12.7 Å². The Balaban J connectivity index is 1.68. The van der Waals surface area contributed by atoms with Gasteiger partial charge >= 0.3 is 13.8 Å². The molecule has 2 aromatic rings. The van der Waals surface area contributed by atoms with E-state index < -0.39 is 38.3 Å². The zero-order valence-corrected chi connectivity index (χ0v) is 18.4. The van der Waals surface area contributed by atoms with Gasteiger partial charge in [0, 0.05) is 12.8 Å². The van der Waals surface area contributed by atoms with Crippen LogP contribution in [-0.4, -0.2) is 61.2 Å². The van der Waals surface area contributed by atoms with Crippen LogP contribution in [0.1, 0.15) is 45.8 Å². The Morgan fingerprint density at radius 2 is 2.06 bits per heavy atom. The van der Waals surface area contributed by atoms with Gasteiger partial charge in [-0.2, -0.15) is 0 Å². The first-order chi connectivity index (χ1) is 15.3. The van der Waals surface area contributed by atoms with Crippen LogP contribution in [0.25, 0.3) is 11.2 Å². The molecule has 2 N–H and O–H groups in total. The molecule has 1 amide bonds. The summed E-state index contributed by atoms with van der Waals surface area (Å²) in [6.45, 7) is 3.50. The summed E-state index contributed by atoms with van der Waals surface area (Å²) in [7, 11) is -4.30. The first kappa shape index (κ1) is 22.7. The number of amides is 1. The number of anilines is 1. The van der Waals surface area contributed by atoms with Crippen molar-refractivity contribution in [1.82, 2.24) is 19.5 Å². The summed E-state index contributed by atoms with van der Waals surface area (Å²) in [5.41, 5.74) is 0.638. The fourth-order valence-electron chi connectivity index (χ4n) is 3.64. The minimum atomic E-state index is -4.30. The normalized spacial score (nSPS) is 29.6. The third-order valence-corrected chi connectivity index (χ3v) is 6.02. The maximum absolute atomic E-state index is 12.3. The number of rotatable bonds is 7. The molecule has 2 saturated heterocycles. The number of imidazole rings is 1. The van der Waals surface area contributed by atoms with Crippen LogP contribution in [0.4, 0.5) is 5.82 Å². The lowest BCUT2D eigenvalue weighted by molar-refractivity contribution is -0.158. The smallest absolute Gasteiger partial charge is 0.455 e. The van der Waals surface area contributed by atoms with E-state index in [0.717, 1.165) is 0 Å². The van der Waals surface area contributed by atoms with Gasteiger partial charge < -0.3 is 19.7 Å². The number of nitrogens with zero attached hydrogens (tertiary/aromatic N) is 4. The van der Waals surface area contributed by atoms with Crippen LogP contribution < -0.4 is 5.32 Å². The van der Waals surface area contributed by atoms with Crippen molar-refractivity contribution in [2.75, 3.05) is 11.9 Å². The van der Waals surface area contributed by atoms with E-state index in [1.54, 1.807) is 0 Å². The summed E-state index contributed by atoms with van der Waals surface area (Å²) in [4.78, 5) is 46.7. The van der Waals surface area contributed by atoms with Crippen LogP contribution in [0.3, 0.4) is 0 Å². The quantitative estimate of drug-likeness (QED) is 0.448. The van der Waals surface area contributed by atoms with Crippen molar-refractivity contribution >= 4 is 36.7 Å². The van der Waals surface area contributed by atoms with Crippen molar-refractivity contribution in [3.63, 3.8) is 0 Å². The van der Waals surface area contributed by atoms with Crippen molar-refractivity contribution in [1.29, 1.82) is 0 Å². The lowest BCUT2D eigenvalue weighted by atomic mass is 10.1. The average molecular weight is 469 g/mol. The Hall–Kier alpha value is -2.44. The number of carbonyl (C=O) groups excluding carboxylic acids is 2. The van der Waals surface area contributed by atoms with E-state index in [1.165, 1.54) is 17.2 Å². The molecule has 1 unspecified atom stereocenters. The highest BCUT2D eigenvalue weighted by molar-refractivity contribution is 7.47. The van der Waals surface area contributed by atoms with Gasteiger partial charge in [0.1, 0.15) is 18.5 Å². The van der Waals surface area contributed by atoms with Crippen LogP contribution in [0.15, 0.2) is 12.7 Å². The molecular weight excluding hydrogens is 445 g/mol. The Morgan fingerprint density at radius 3 is 2.81 bits per heavy atom. The van der Waals surface area contributed by atoms with E-state index in [4.69, 9.17) is 18.5 Å². The van der Waals surface area contributed by atoms with E-state index >= 15 is 0 Å². The second-order valence-corrected chi connectivity index (χ2v) is 8.85. The molecule has 0 spiro atoms. The van der Waals surface area contributed by atoms with E-state index in [0.29, 0.717) is 30.4 Å². The Kier molecular flexibility index (Phi) is 6.54. The van der Waals surface area contributed by atoms with Gasteiger partial charge in [-0.15, -0.1) is 0 Å². The number of carbonyl (C=O) groups is 2. The molecule has 32 heavy (non-hydrogen) atoms. The number of nitrogens with one attached hydrogen (secondary N) is 1. The molecule has 13 nitrogen and oxygen atoms in total. The molecule has 4 rings (SSSR count). The highest BCUT2D eigenvalue weighted by Gasteiger charge is 2.55. The fourth-order valence-corrected chi connectivity index (χ4v) is 4.60. The summed E-state index contributed by atoms with van der Waals surface area (Å²) in [6.07, 6.45) is 0.639. The number of hydrogen-bond donors (Lipinski definition) is 2. The second kappa shape index (κ2) is 9.20. The van der Waals surface area contributed by atoms with Gasteiger partial charge in [0.2, 0.25) is 5.91 Å². The first-order valence-corrected chi connectivity index (χ1v) is 11.8. The van der Waals surface area contributed by atoms with Crippen LogP contribution >= 0.6 is 7.82 Å². The number of ether oxygens (including phenoxy) is 2. The number of hydrogen-bond acceptors (Lipinski definition) is 10. The predicted molar refractivity (Wildman–Crippen MR) is 108 cm³/mol. The van der Waals surface area contributed by atoms with E-state index in [1.807, 2.05) is 13.8 Å². The lowest BCUT2D eigenvalue weighted by Crippen LogP contribution is -2.41. The minimum absolute atomic E-state index is 0.161. The fraction of sp³-hybridized carbons (Fsp3) is 0.611. The van der Waals surface area contributed by atoms with E-state index in [9.17, 15) is 19.0 Å². The molecule has 2 fully saturated rings. The third kappa shape index (κ3) is 4.52. The van der Waals surface area contributed by atoms with Gasteiger partial charge in [-0.05, 0) is 12.8 Å². The van der Waals surface area contributed by atoms with Crippen molar-refractivity contribution in [2.45, 2.75) is 64.1 Å². The molecule has 174 valence electrons. The van der Waals surface area contributed by atoms with Gasteiger partial charge in [0.05, 0.1) is 12.9 Å². The SMILES string of the molecule is CCCC(=O)Nc1ncnc2c1ncn2[C@@H]1O[C@H]2COP(=O)(O)O[C@@H]2[C@H]1OC(=O)CCC. The largest absolute Gasteiger partial charge is 0.472 e. The zero-order chi connectivity index (χ0) is 22.9. The summed E-state index contributed by atoms with van der Waals surface area (Å²) in [5.74, 6) is -0.469. The molecule has 0 bridgehead atoms. The monoisotopic (exact) mass is 469 g/mol. The summed E-state index contributed by atoms with van der Waals surface area (Å²) in [5, 5.41) is 2.70. The zero-order valence-electron chi connectivity index (χ0n) is 17.5. The standard InChI is InChI=1S/C18H24N5O8P/c1-3-5-11(24)22-16-13-17(20-8-19-16)23(9-21-13)18-15(30-12(25)6-4-2)14-10(29-18)7-28-32(26,27)31-14/h8-10,14-15,18H,3-7H2,1-2H3,(H,26,27)(H,19,20,22,24)/t10-,14-,15+,18+/m0/s1. The summed E-state index contributed by atoms with van der Waals surface area (Å²) >= 11 is 0. The molecule has 14 heteroatoms. The van der Waals surface area contributed by atoms with Gasteiger partial charge in [0.25, 0.3) is 0 Å². The highest BCUT2D eigenvalue weighted by atomic mass is 31.2. The molecule has 4 heterocycles. The minimum Gasteiger partial charge on any atom is -0.455 e. The van der Waals surface area contributed by atoms with Gasteiger partial charge in [-0.1, -0.05) is 13.8 Å². The topological polar surface area (TPSA) is 164 Å². The molecular formula is C18H24N5O8P. The predicted octanol–water partition coefficient (Wildman–Crippen LogP) is 1.69. The molecule has 0 radical (unpaired) electrons. The molecule has 2 aromatic heterocycles. The number of aromatic nitrogens is 4. The van der Waals surface area contributed by atoms with Crippen molar-refractivity contribution in [2.24, 2.45) is 0 Å². The number of esters is 1. The van der Waals surface area contributed by atoms with E-state index in [2.05, 4.69) is 20.3 Å². The summed E-state index contributed by atoms with van der Waals surface area (Å²) < 4.78 is 35.1. The highest BCUT2D eigenvalue weighted by Crippen LogP contribution is 2.53. The van der Waals surface area contributed by atoms with Crippen LogP contribution in [0, 0.1) is 0 Å². The molecule has 5 atom stereocenters. The van der Waals surface area contributed by atoms with Crippen LogP contribution in [-0.2, 0) is 32.7 Å². The van der Waals surface area contributed by atoms with Crippen molar-refractivity contribution < 1.29 is 37.6 Å². The maximum Gasteiger partial charge on any atom is 0.472 e. The van der Waals surface area contributed by atoms with Crippen LogP contribution in [0.5, 0.6) is 0 Å². The molecule has 0 aliphatic carbocycles. The molecule has 2 aliphatic rings. The average Bonchev–Trinajstić information content (AvgIpc) is 3.30. The maximum atomic E-state index is 12.3. The van der Waals surface area contributed by atoms with Crippen LogP contribution in [0.2, 0.25) is 0 Å². The Bertz CT molecular complexity index is 1060. The number of phosphoric ester groups is 1. The second-order valence-electron chi connectivity index (χ2n) is 7.45.